The van der Waals surface area contributed by atoms with Gasteiger partial charge in [0.05, 0.1) is 0 Å². The molecule has 0 aliphatic rings. The molecule has 0 bridgehead atoms. The van der Waals surface area contributed by atoms with Crippen molar-refractivity contribution in [3.8, 4) is 0 Å². The van der Waals surface area contributed by atoms with Crippen LogP contribution in [0.5, 0.6) is 0 Å². The van der Waals surface area contributed by atoms with Crippen molar-refractivity contribution in [1.82, 2.24) is 0 Å². The van der Waals surface area contributed by atoms with Crippen molar-refractivity contribution < 1.29 is 5.11 Å². The summed E-state index contributed by atoms with van der Waals surface area (Å²) in [4.78, 5) is 0. The van der Waals surface area contributed by atoms with Gasteiger partial charge in [0.25, 0.3) is 0 Å². The first-order valence-corrected chi connectivity index (χ1v) is 7.79. The van der Waals surface area contributed by atoms with Crippen LogP contribution in [0.3, 0.4) is 0 Å². The quantitative estimate of drug-likeness (QED) is 0.670. The zero-order valence-corrected chi connectivity index (χ0v) is 13.7. The van der Waals surface area contributed by atoms with E-state index in [1.54, 1.807) is 0 Å². The number of aliphatic hydroxyl groups excluding tert-OH is 1. The molecule has 1 N–H and O–H groups in total. The second-order valence-corrected chi connectivity index (χ2v) is 6.40. The van der Waals surface area contributed by atoms with Crippen molar-refractivity contribution in [1.29, 1.82) is 0 Å². The topological polar surface area (TPSA) is 20.2 Å². The first-order valence-electron chi connectivity index (χ1n) is 6.99. The number of fused-ring (bicyclic) bond motifs is 1. The van der Waals surface area contributed by atoms with Gasteiger partial charge < -0.3 is 5.11 Å². The predicted octanol–water partition coefficient (Wildman–Crippen LogP) is 5.30. The maximum atomic E-state index is 10.8. The van der Waals surface area contributed by atoms with E-state index in [0.29, 0.717) is 0 Å². The van der Waals surface area contributed by atoms with Crippen molar-refractivity contribution in [2.75, 3.05) is 0 Å². The minimum atomic E-state index is -0.619. The molecule has 0 heterocycles. The largest absolute Gasteiger partial charge is 0.384 e. The highest BCUT2D eigenvalue weighted by atomic mass is 79.9. The van der Waals surface area contributed by atoms with Crippen LogP contribution >= 0.6 is 15.9 Å². The molecule has 0 saturated heterocycles. The molecule has 3 aromatic rings. The average molecular weight is 341 g/mol. The fraction of sp³-hybridized carbons (Fsp3) is 0.158. The summed E-state index contributed by atoms with van der Waals surface area (Å²) in [7, 11) is 0. The molecule has 1 atom stereocenters. The maximum absolute atomic E-state index is 10.8. The molecular formula is C19H17BrO. The van der Waals surface area contributed by atoms with Gasteiger partial charge in [0.15, 0.2) is 0 Å². The van der Waals surface area contributed by atoms with Crippen LogP contribution in [0, 0.1) is 13.8 Å². The van der Waals surface area contributed by atoms with E-state index >= 15 is 0 Å². The van der Waals surface area contributed by atoms with Crippen molar-refractivity contribution >= 4 is 26.7 Å². The lowest BCUT2D eigenvalue weighted by atomic mass is 9.93. The zero-order valence-electron chi connectivity index (χ0n) is 12.1. The Hall–Kier alpha value is -1.64. The maximum Gasteiger partial charge on any atom is 0.105 e. The molecule has 21 heavy (non-hydrogen) atoms. The van der Waals surface area contributed by atoms with E-state index in [9.17, 15) is 5.11 Å². The van der Waals surface area contributed by atoms with Gasteiger partial charge in [-0.05, 0) is 59.0 Å². The smallest absolute Gasteiger partial charge is 0.105 e. The SMILES string of the molecule is Cc1cc(Br)cc(C(O)c2ccc(C)c3ccccc23)c1. The van der Waals surface area contributed by atoms with Crippen molar-refractivity contribution in [2.24, 2.45) is 0 Å². The molecule has 0 saturated carbocycles. The van der Waals surface area contributed by atoms with Gasteiger partial charge in [0.1, 0.15) is 6.10 Å². The Balaban J connectivity index is 2.18. The summed E-state index contributed by atoms with van der Waals surface area (Å²) in [5.74, 6) is 0. The van der Waals surface area contributed by atoms with Gasteiger partial charge in [-0.1, -0.05) is 58.4 Å². The van der Waals surface area contributed by atoms with E-state index in [-0.39, 0.29) is 0 Å². The normalized spacial score (nSPS) is 12.6. The minimum Gasteiger partial charge on any atom is -0.384 e. The second-order valence-electron chi connectivity index (χ2n) is 5.48. The highest BCUT2D eigenvalue weighted by Gasteiger charge is 2.15. The molecule has 1 unspecified atom stereocenters. The molecular weight excluding hydrogens is 324 g/mol. The van der Waals surface area contributed by atoms with Gasteiger partial charge in [-0.25, -0.2) is 0 Å². The summed E-state index contributed by atoms with van der Waals surface area (Å²) in [5, 5.41) is 13.1. The summed E-state index contributed by atoms with van der Waals surface area (Å²) in [5.41, 5.74) is 4.23. The number of rotatable bonds is 2. The molecule has 0 spiro atoms. The van der Waals surface area contributed by atoms with E-state index in [0.717, 1.165) is 26.5 Å². The standard InChI is InChI=1S/C19H17BrO/c1-12-9-14(11-15(20)10-12)19(21)18-8-7-13(2)16-5-3-4-6-17(16)18/h3-11,19,21H,1-2H3. The molecule has 3 rings (SSSR count). The third-order valence-electron chi connectivity index (χ3n) is 3.85. The molecule has 0 fully saturated rings. The summed E-state index contributed by atoms with van der Waals surface area (Å²) < 4.78 is 0.993. The van der Waals surface area contributed by atoms with Crippen LogP contribution < -0.4 is 0 Å². The molecule has 0 amide bonds. The predicted molar refractivity (Wildman–Crippen MR) is 91.6 cm³/mol. The number of hydrogen-bond acceptors (Lipinski definition) is 1. The molecule has 0 radical (unpaired) electrons. The van der Waals surface area contributed by atoms with Crippen molar-refractivity contribution in [3.63, 3.8) is 0 Å². The first-order chi connectivity index (χ1) is 10.1. The van der Waals surface area contributed by atoms with E-state index in [1.165, 1.54) is 10.9 Å². The van der Waals surface area contributed by atoms with Crippen LogP contribution in [-0.2, 0) is 0 Å². The number of aryl methyl sites for hydroxylation is 2. The summed E-state index contributed by atoms with van der Waals surface area (Å²) >= 11 is 3.50. The Morgan fingerprint density at radius 1 is 0.905 bits per heavy atom. The van der Waals surface area contributed by atoms with Crippen LogP contribution in [-0.4, -0.2) is 5.11 Å². The van der Waals surface area contributed by atoms with Gasteiger partial charge in [-0.3, -0.25) is 0 Å². The lowest BCUT2D eigenvalue weighted by Gasteiger charge is -2.16. The number of hydrogen-bond donors (Lipinski definition) is 1. The van der Waals surface area contributed by atoms with Gasteiger partial charge in [-0.2, -0.15) is 0 Å². The Labute approximate surface area is 133 Å². The van der Waals surface area contributed by atoms with Gasteiger partial charge in [0, 0.05) is 4.47 Å². The third kappa shape index (κ3) is 2.74. The number of benzene rings is 3. The summed E-state index contributed by atoms with van der Waals surface area (Å²) in [6.07, 6.45) is -0.619. The molecule has 2 heteroatoms. The van der Waals surface area contributed by atoms with Gasteiger partial charge in [0.2, 0.25) is 0 Å². The Bertz CT molecular complexity index is 788. The fourth-order valence-electron chi connectivity index (χ4n) is 2.81. The van der Waals surface area contributed by atoms with E-state index < -0.39 is 6.10 Å². The van der Waals surface area contributed by atoms with E-state index in [1.807, 2.05) is 43.3 Å². The van der Waals surface area contributed by atoms with Crippen molar-refractivity contribution in [2.45, 2.75) is 20.0 Å². The summed E-state index contributed by atoms with van der Waals surface area (Å²) in [6, 6.07) is 18.4. The van der Waals surface area contributed by atoms with Crippen LogP contribution in [0.2, 0.25) is 0 Å². The van der Waals surface area contributed by atoms with Crippen LogP contribution in [0.25, 0.3) is 10.8 Å². The highest BCUT2D eigenvalue weighted by Crippen LogP contribution is 2.32. The lowest BCUT2D eigenvalue weighted by Crippen LogP contribution is -2.01. The van der Waals surface area contributed by atoms with Crippen LogP contribution in [0.15, 0.2) is 59.1 Å². The Morgan fingerprint density at radius 2 is 1.62 bits per heavy atom. The Morgan fingerprint density at radius 3 is 2.33 bits per heavy atom. The Kier molecular flexibility index (Phi) is 3.83. The van der Waals surface area contributed by atoms with Gasteiger partial charge in [-0.15, -0.1) is 0 Å². The molecule has 0 aromatic heterocycles. The average Bonchev–Trinajstić information content (AvgIpc) is 2.46. The van der Waals surface area contributed by atoms with E-state index in [2.05, 4.69) is 41.1 Å². The number of aliphatic hydroxyl groups is 1. The molecule has 3 aromatic carbocycles. The van der Waals surface area contributed by atoms with Crippen LogP contribution in [0.4, 0.5) is 0 Å². The van der Waals surface area contributed by atoms with Crippen LogP contribution in [0.1, 0.15) is 28.4 Å². The fourth-order valence-corrected chi connectivity index (χ4v) is 3.44. The molecule has 0 aliphatic carbocycles. The summed E-state index contributed by atoms with van der Waals surface area (Å²) in [6.45, 7) is 4.13. The van der Waals surface area contributed by atoms with Gasteiger partial charge >= 0.3 is 0 Å². The molecule has 1 nitrogen and oxygen atoms in total. The lowest BCUT2D eigenvalue weighted by molar-refractivity contribution is 0.221. The van der Waals surface area contributed by atoms with E-state index in [4.69, 9.17) is 0 Å². The van der Waals surface area contributed by atoms with Crippen molar-refractivity contribution in [3.05, 3.63) is 81.3 Å². The minimum absolute atomic E-state index is 0.619. The highest BCUT2D eigenvalue weighted by molar-refractivity contribution is 9.10. The third-order valence-corrected chi connectivity index (χ3v) is 4.31. The second kappa shape index (κ2) is 5.63. The molecule has 106 valence electrons. The number of halogens is 1. The first kappa shape index (κ1) is 14.3. The molecule has 0 aliphatic heterocycles. The monoisotopic (exact) mass is 340 g/mol. The zero-order chi connectivity index (χ0) is 15.0.